The van der Waals surface area contributed by atoms with E-state index >= 15 is 0 Å². The van der Waals surface area contributed by atoms with Crippen LogP contribution in [0.2, 0.25) is 0 Å². The molecule has 1 N–H and O–H groups in total. The molecule has 0 aromatic heterocycles. The molecule has 3 heteroatoms. The third kappa shape index (κ3) is 1.97. The van der Waals surface area contributed by atoms with Crippen molar-refractivity contribution in [3.05, 3.63) is 33.4 Å². The van der Waals surface area contributed by atoms with Gasteiger partial charge in [0.2, 0.25) is 0 Å². The first-order valence-electron chi connectivity index (χ1n) is 6.65. The number of rotatable bonds is 1. The first kappa shape index (κ1) is 13.8. The minimum absolute atomic E-state index is 0.0304. The van der Waals surface area contributed by atoms with E-state index in [1.165, 1.54) is 27.8 Å². The fourth-order valence-electron chi connectivity index (χ4n) is 2.59. The lowest BCUT2D eigenvalue weighted by Crippen LogP contribution is -2.35. The Hall–Kier alpha value is -1.64. The van der Waals surface area contributed by atoms with E-state index in [9.17, 15) is 4.79 Å². The number of nitrogens with one attached hydrogen (secondary N) is 1. The Balaban J connectivity index is 2.69. The van der Waals surface area contributed by atoms with Crippen molar-refractivity contribution in [1.29, 1.82) is 0 Å². The van der Waals surface area contributed by atoms with Gasteiger partial charge in [0.15, 0.2) is 0 Å². The van der Waals surface area contributed by atoms with Gasteiger partial charge >= 0.3 is 0 Å². The van der Waals surface area contributed by atoms with E-state index in [0.29, 0.717) is 0 Å². The molecule has 1 aliphatic heterocycles. The first-order valence-corrected chi connectivity index (χ1v) is 6.65. The molecule has 0 radical (unpaired) electrons. The number of amides is 1. The maximum Gasteiger partial charge on any atom is 0.252 e. The maximum absolute atomic E-state index is 11.9. The molecule has 0 atom stereocenters. The molecule has 3 nitrogen and oxygen atoms in total. The van der Waals surface area contributed by atoms with Crippen LogP contribution in [0.15, 0.2) is 4.99 Å². The largest absolute Gasteiger partial charge is 0.308 e. The van der Waals surface area contributed by atoms with E-state index in [2.05, 4.69) is 44.9 Å². The molecule has 1 heterocycles. The Morgan fingerprint density at radius 1 is 0.842 bits per heavy atom. The van der Waals surface area contributed by atoms with Gasteiger partial charge in [-0.3, -0.25) is 9.79 Å². The molecule has 1 aromatic rings. The van der Waals surface area contributed by atoms with Gasteiger partial charge in [0.05, 0.1) is 0 Å². The summed E-state index contributed by atoms with van der Waals surface area (Å²) in [5.74, 6) is 0.688. The summed E-state index contributed by atoms with van der Waals surface area (Å²) in [6, 6.07) is 0. The molecule has 0 spiro atoms. The molecule has 0 aliphatic carbocycles. The minimum Gasteiger partial charge on any atom is -0.308 e. The van der Waals surface area contributed by atoms with Crippen LogP contribution < -0.4 is 5.32 Å². The molecule has 19 heavy (non-hydrogen) atoms. The third-order valence-corrected chi connectivity index (χ3v) is 4.42. The van der Waals surface area contributed by atoms with E-state index in [4.69, 9.17) is 0 Å². The van der Waals surface area contributed by atoms with Gasteiger partial charge in [0.25, 0.3) is 5.91 Å². The Morgan fingerprint density at radius 2 is 1.26 bits per heavy atom. The Bertz CT molecular complexity index is 581. The molecule has 0 saturated carbocycles. The van der Waals surface area contributed by atoms with Crippen LogP contribution in [-0.4, -0.2) is 17.3 Å². The Labute approximate surface area is 115 Å². The van der Waals surface area contributed by atoms with Gasteiger partial charge < -0.3 is 5.32 Å². The second kappa shape index (κ2) is 4.19. The molecular formula is C16H22N2O. The molecule has 1 aliphatic rings. The Kier molecular flexibility index (Phi) is 3.04. The van der Waals surface area contributed by atoms with Crippen LogP contribution in [0.3, 0.4) is 0 Å². The van der Waals surface area contributed by atoms with Crippen molar-refractivity contribution in [2.75, 3.05) is 0 Å². The Morgan fingerprint density at radius 3 is 1.63 bits per heavy atom. The summed E-state index contributed by atoms with van der Waals surface area (Å²) >= 11 is 0. The second-order valence-electron chi connectivity index (χ2n) is 5.97. The van der Waals surface area contributed by atoms with Crippen molar-refractivity contribution < 1.29 is 4.79 Å². The number of carbonyl (C=O) groups excluding carboxylic acids is 1. The molecule has 1 aromatic carbocycles. The lowest BCUT2D eigenvalue weighted by Gasteiger charge is -2.18. The number of nitrogens with zero attached hydrogens (tertiary/aromatic N) is 1. The fourth-order valence-corrected chi connectivity index (χ4v) is 2.59. The van der Waals surface area contributed by atoms with Crippen LogP contribution in [-0.2, 0) is 4.79 Å². The highest BCUT2D eigenvalue weighted by molar-refractivity contribution is 6.16. The van der Waals surface area contributed by atoms with Gasteiger partial charge in [0, 0.05) is 5.56 Å². The lowest BCUT2D eigenvalue weighted by atomic mass is 9.89. The van der Waals surface area contributed by atoms with Crippen LogP contribution >= 0.6 is 0 Å². The van der Waals surface area contributed by atoms with E-state index in [-0.39, 0.29) is 5.91 Å². The van der Waals surface area contributed by atoms with Gasteiger partial charge in [-0.2, -0.15) is 0 Å². The summed E-state index contributed by atoms with van der Waals surface area (Å²) < 4.78 is 0. The van der Waals surface area contributed by atoms with Crippen molar-refractivity contribution in [2.24, 2.45) is 4.99 Å². The van der Waals surface area contributed by atoms with E-state index < -0.39 is 5.54 Å². The summed E-state index contributed by atoms with van der Waals surface area (Å²) in [7, 11) is 0. The van der Waals surface area contributed by atoms with E-state index in [0.717, 1.165) is 11.4 Å². The monoisotopic (exact) mass is 258 g/mol. The standard InChI is InChI=1S/C16H22N2O/c1-8-9(2)11(4)13(12(5)10(8)3)14-17-15(19)16(6,7)18-14/h1-7H3,(H,17,18,19). The number of carbonyl (C=O) groups is 1. The lowest BCUT2D eigenvalue weighted by molar-refractivity contribution is -0.122. The maximum atomic E-state index is 11.9. The highest BCUT2D eigenvalue weighted by Gasteiger charge is 2.35. The second-order valence-corrected chi connectivity index (χ2v) is 5.97. The predicted octanol–water partition coefficient (Wildman–Crippen LogP) is 2.88. The fraction of sp³-hybridized carbons (Fsp3) is 0.500. The van der Waals surface area contributed by atoms with Gasteiger partial charge in [-0.25, -0.2) is 0 Å². The van der Waals surface area contributed by atoms with Crippen LogP contribution in [0.4, 0.5) is 0 Å². The first-order chi connectivity index (χ1) is 8.66. The normalized spacial score (nSPS) is 17.4. The molecule has 0 unspecified atom stereocenters. The molecule has 102 valence electrons. The molecule has 2 rings (SSSR count). The average Bonchev–Trinajstić information content (AvgIpc) is 2.59. The smallest absolute Gasteiger partial charge is 0.252 e. The highest BCUT2D eigenvalue weighted by atomic mass is 16.2. The summed E-state index contributed by atoms with van der Waals surface area (Å²) in [5, 5.41) is 2.93. The van der Waals surface area contributed by atoms with Crippen molar-refractivity contribution in [3.63, 3.8) is 0 Å². The van der Waals surface area contributed by atoms with Crippen LogP contribution in [0, 0.1) is 34.6 Å². The van der Waals surface area contributed by atoms with Gasteiger partial charge in [0.1, 0.15) is 11.4 Å². The number of hydrogen-bond acceptors (Lipinski definition) is 2. The third-order valence-electron chi connectivity index (χ3n) is 4.42. The quantitative estimate of drug-likeness (QED) is 0.827. The summed E-state index contributed by atoms with van der Waals surface area (Å²) in [5.41, 5.74) is 6.71. The van der Waals surface area contributed by atoms with Crippen molar-refractivity contribution in [3.8, 4) is 0 Å². The van der Waals surface area contributed by atoms with Crippen LogP contribution in [0.25, 0.3) is 0 Å². The number of amidine groups is 1. The van der Waals surface area contributed by atoms with Gasteiger partial charge in [-0.15, -0.1) is 0 Å². The number of hydrogen-bond donors (Lipinski definition) is 1. The molecule has 0 bridgehead atoms. The summed E-state index contributed by atoms with van der Waals surface area (Å²) in [6.07, 6.45) is 0. The number of aliphatic imine (C=N–C) groups is 1. The van der Waals surface area contributed by atoms with Gasteiger partial charge in [-0.05, 0) is 76.3 Å². The van der Waals surface area contributed by atoms with Crippen molar-refractivity contribution in [2.45, 2.75) is 54.0 Å². The van der Waals surface area contributed by atoms with E-state index in [1.54, 1.807) is 0 Å². The predicted molar refractivity (Wildman–Crippen MR) is 78.9 cm³/mol. The molecule has 1 amide bonds. The van der Waals surface area contributed by atoms with Crippen molar-refractivity contribution in [1.82, 2.24) is 5.32 Å². The molecule has 0 saturated heterocycles. The molecular weight excluding hydrogens is 236 g/mol. The summed E-state index contributed by atoms with van der Waals surface area (Å²) in [4.78, 5) is 16.5. The zero-order valence-corrected chi connectivity index (χ0v) is 12.9. The molecule has 0 fully saturated rings. The van der Waals surface area contributed by atoms with E-state index in [1.807, 2.05) is 13.8 Å². The topological polar surface area (TPSA) is 41.5 Å². The van der Waals surface area contributed by atoms with Crippen LogP contribution in [0.1, 0.15) is 47.2 Å². The van der Waals surface area contributed by atoms with Crippen LogP contribution in [0.5, 0.6) is 0 Å². The zero-order chi connectivity index (χ0) is 14.5. The highest BCUT2D eigenvalue weighted by Crippen LogP contribution is 2.28. The zero-order valence-electron chi connectivity index (χ0n) is 12.9. The number of benzene rings is 1. The minimum atomic E-state index is -0.666. The van der Waals surface area contributed by atoms with Gasteiger partial charge in [-0.1, -0.05) is 0 Å². The average molecular weight is 258 g/mol. The SMILES string of the molecule is Cc1c(C)c(C)c(C2=NC(C)(C)C(=O)N2)c(C)c1C. The van der Waals surface area contributed by atoms with Crippen molar-refractivity contribution >= 4 is 11.7 Å². The summed E-state index contributed by atoms with van der Waals surface area (Å²) in [6.45, 7) is 14.3.